The van der Waals surface area contributed by atoms with Crippen molar-refractivity contribution in [3.8, 4) is 0 Å². The highest BCUT2D eigenvalue weighted by Crippen LogP contribution is 2.29. The molecule has 0 aliphatic heterocycles. The molecule has 0 amide bonds. The first-order valence-electron chi connectivity index (χ1n) is 6.88. The minimum absolute atomic E-state index is 0.103. The van der Waals surface area contributed by atoms with Gasteiger partial charge in [0, 0.05) is 13.7 Å². The van der Waals surface area contributed by atoms with Crippen molar-refractivity contribution in [2.24, 2.45) is 11.3 Å². The Morgan fingerprint density at radius 1 is 1.26 bits per heavy atom. The van der Waals surface area contributed by atoms with Crippen molar-refractivity contribution in [3.05, 3.63) is 35.6 Å². The molecule has 0 radical (unpaired) electrons. The van der Waals surface area contributed by atoms with E-state index in [1.54, 1.807) is 13.2 Å². The topological polar surface area (TPSA) is 21.3 Å². The molecule has 0 saturated heterocycles. The van der Waals surface area contributed by atoms with E-state index in [0.29, 0.717) is 12.5 Å². The van der Waals surface area contributed by atoms with Gasteiger partial charge in [0.05, 0.1) is 6.61 Å². The van der Waals surface area contributed by atoms with E-state index in [1.807, 2.05) is 12.1 Å². The van der Waals surface area contributed by atoms with Gasteiger partial charge in [-0.2, -0.15) is 0 Å². The number of benzene rings is 1. The lowest BCUT2D eigenvalue weighted by molar-refractivity contribution is 0.186. The molecule has 0 aromatic heterocycles. The molecule has 0 heterocycles. The van der Waals surface area contributed by atoms with Gasteiger partial charge < -0.3 is 10.1 Å². The van der Waals surface area contributed by atoms with Crippen LogP contribution in [0.2, 0.25) is 0 Å². The number of nitrogens with one attached hydrogen (secondary N) is 1. The number of rotatable bonds is 7. The van der Waals surface area contributed by atoms with Crippen molar-refractivity contribution in [2.75, 3.05) is 26.8 Å². The van der Waals surface area contributed by atoms with E-state index in [2.05, 4.69) is 26.1 Å². The Labute approximate surface area is 116 Å². The van der Waals surface area contributed by atoms with Crippen LogP contribution < -0.4 is 5.32 Å². The lowest BCUT2D eigenvalue weighted by Crippen LogP contribution is -2.35. The summed E-state index contributed by atoms with van der Waals surface area (Å²) in [4.78, 5) is 0. The minimum atomic E-state index is -0.103. The lowest BCUT2D eigenvalue weighted by Gasteiger charge is -2.31. The number of hydrogen-bond donors (Lipinski definition) is 1. The fraction of sp³-hybridized carbons (Fsp3) is 0.625. The van der Waals surface area contributed by atoms with E-state index in [0.717, 1.165) is 25.1 Å². The molecule has 0 spiro atoms. The second kappa shape index (κ2) is 7.61. The molecule has 1 aromatic rings. The average Bonchev–Trinajstić information content (AvgIpc) is 2.34. The predicted molar refractivity (Wildman–Crippen MR) is 77.8 cm³/mol. The van der Waals surface area contributed by atoms with Crippen LogP contribution in [-0.4, -0.2) is 26.8 Å². The van der Waals surface area contributed by atoms with Crippen molar-refractivity contribution in [1.29, 1.82) is 0 Å². The summed E-state index contributed by atoms with van der Waals surface area (Å²) in [6, 6.07) is 7.05. The Morgan fingerprint density at radius 3 is 2.53 bits per heavy atom. The molecule has 0 fully saturated rings. The van der Waals surface area contributed by atoms with Gasteiger partial charge in [-0.05, 0) is 35.9 Å². The van der Waals surface area contributed by atoms with Gasteiger partial charge in [-0.3, -0.25) is 0 Å². The van der Waals surface area contributed by atoms with Crippen LogP contribution in [0.5, 0.6) is 0 Å². The monoisotopic (exact) mass is 267 g/mol. The van der Waals surface area contributed by atoms with Crippen molar-refractivity contribution < 1.29 is 9.13 Å². The quantitative estimate of drug-likeness (QED) is 0.766. The summed E-state index contributed by atoms with van der Waals surface area (Å²) < 4.78 is 18.8. The highest BCUT2D eigenvalue weighted by Gasteiger charge is 2.25. The van der Waals surface area contributed by atoms with Crippen LogP contribution in [0.1, 0.15) is 26.3 Å². The highest BCUT2D eigenvalue weighted by atomic mass is 19.1. The molecule has 108 valence electrons. The number of ether oxygens (including phenoxy) is 1. The molecule has 0 aliphatic rings. The van der Waals surface area contributed by atoms with E-state index >= 15 is 0 Å². The van der Waals surface area contributed by atoms with Crippen LogP contribution in [0.4, 0.5) is 4.39 Å². The Kier molecular flexibility index (Phi) is 6.46. The maximum Gasteiger partial charge on any atom is 0.126 e. The SMILES string of the molecule is COCCNCC(Cc1ccccc1F)C(C)(C)C. The number of halogens is 1. The maximum absolute atomic E-state index is 13.7. The van der Waals surface area contributed by atoms with Crippen molar-refractivity contribution in [2.45, 2.75) is 27.2 Å². The third-order valence-electron chi connectivity index (χ3n) is 3.52. The summed E-state index contributed by atoms with van der Waals surface area (Å²) in [5.41, 5.74) is 0.943. The highest BCUT2D eigenvalue weighted by molar-refractivity contribution is 5.18. The van der Waals surface area contributed by atoms with E-state index in [1.165, 1.54) is 6.07 Å². The largest absolute Gasteiger partial charge is 0.383 e. The average molecular weight is 267 g/mol. The summed E-state index contributed by atoms with van der Waals surface area (Å²) >= 11 is 0. The third-order valence-corrected chi connectivity index (χ3v) is 3.52. The molecule has 1 unspecified atom stereocenters. The van der Waals surface area contributed by atoms with Gasteiger partial charge >= 0.3 is 0 Å². The van der Waals surface area contributed by atoms with Crippen LogP contribution >= 0.6 is 0 Å². The van der Waals surface area contributed by atoms with Crippen LogP contribution in [0.25, 0.3) is 0 Å². The molecule has 0 bridgehead atoms. The molecule has 3 heteroatoms. The third kappa shape index (κ3) is 5.70. The minimum Gasteiger partial charge on any atom is -0.383 e. The van der Waals surface area contributed by atoms with Crippen LogP contribution in [-0.2, 0) is 11.2 Å². The summed E-state index contributed by atoms with van der Waals surface area (Å²) in [5, 5.41) is 3.39. The number of methoxy groups -OCH3 is 1. The Hall–Kier alpha value is -0.930. The van der Waals surface area contributed by atoms with Crippen molar-refractivity contribution in [3.63, 3.8) is 0 Å². The zero-order chi connectivity index (χ0) is 14.3. The molecule has 1 N–H and O–H groups in total. The van der Waals surface area contributed by atoms with Gasteiger partial charge in [-0.15, -0.1) is 0 Å². The fourth-order valence-electron chi connectivity index (χ4n) is 2.06. The molecule has 19 heavy (non-hydrogen) atoms. The zero-order valence-corrected chi connectivity index (χ0v) is 12.5. The molecule has 0 aliphatic carbocycles. The molecule has 1 atom stereocenters. The molecule has 1 rings (SSSR count). The Bertz CT molecular complexity index is 373. The van der Waals surface area contributed by atoms with Crippen molar-refractivity contribution in [1.82, 2.24) is 5.32 Å². The van der Waals surface area contributed by atoms with Gasteiger partial charge in [0.2, 0.25) is 0 Å². The van der Waals surface area contributed by atoms with Gasteiger partial charge in [0.25, 0.3) is 0 Å². The normalized spacial score (nSPS) is 13.5. The van der Waals surface area contributed by atoms with Crippen LogP contribution in [0, 0.1) is 17.2 Å². The summed E-state index contributed by atoms with van der Waals surface area (Å²) in [7, 11) is 1.70. The van der Waals surface area contributed by atoms with Gasteiger partial charge in [0.1, 0.15) is 5.82 Å². The summed E-state index contributed by atoms with van der Waals surface area (Å²) in [6.07, 6.45) is 0.760. The van der Waals surface area contributed by atoms with E-state index in [-0.39, 0.29) is 11.2 Å². The van der Waals surface area contributed by atoms with Crippen LogP contribution in [0.15, 0.2) is 24.3 Å². The first-order chi connectivity index (χ1) is 8.95. The van der Waals surface area contributed by atoms with Gasteiger partial charge in [-0.1, -0.05) is 39.0 Å². The van der Waals surface area contributed by atoms with E-state index < -0.39 is 0 Å². The van der Waals surface area contributed by atoms with Gasteiger partial charge in [-0.25, -0.2) is 4.39 Å². The fourth-order valence-corrected chi connectivity index (χ4v) is 2.06. The van der Waals surface area contributed by atoms with Crippen molar-refractivity contribution >= 4 is 0 Å². The molecule has 2 nitrogen and oxygen atoms in total. The lowest BCUT2D eigenvalue weighted by atomic mass is 9.77. The molecular formula is C16H26FNO. The molecule has 0 saturated carbocycles. The second-order valence-electron chi connectivity index (χ2n) is 6.06. The Morgan fingerprint density at radius 2 is 1.95 bits per heavy atom. The second-order valence-corrected chi connectivity index (χ2v) is 6.06. The first-order valence-corrected chi connectivity index (χ1v) is 6.88. The Balaban J connectivity index is 2.63. The molecular weight excluding hydrogens is 241 g/mol. The first kappa shape index (κ1) is 16.1. The van der Waals surface area contributed by atoms with Crippen LogP contribution in [0.3, 0.4) is 0 Å². The molecule has 1 aromatic carbocycles. The summed E-state index contributed by atoms with van der Waals surface area (Å²) in [5.74, 6) is 0.287. The smallest absolute Gasteiger partial charge is 0.126 e. The van der Waals surface area contributed by atoms with E-state index in [9.17, 15) is 4.39 Å². The number of hydrogen-bond acceptors (Lipinski definition) is 2. The summed E-state index contributed by atoms with van der Waals surface area (Å²) in [6.45, 7) is 9.03. The standard InChI is InChI=1S/C16H26FNO/c1-16(2,3)14(12-18-9-10-19-4)11-13-7-5-6-8-15(13)17/h5-8,14,18H,9-12H2,1-4H3. The van der Waals surface area contributed by atoms with E-state index in [4.69, 9.17) is 4.74 Å². The van der Waals surface area contributed by atoms with Gasteiger partial charge in [0.15, 0.2) is 0 Å². The zero-order valence-electron chi connectivity index (χ0n) is 12.5. The predicted octanol–water partition coefficient (Wildman–Crippen LogP) is 3.27. The maximum atomic E-state index is 13.7.